The first-order valence-electron chi connectivity index (χ1n) is 12.0. The van der Waals surface area contributed by atoms with E-state index in [9.17, 15) is 9.59 Å². The smallest absolute Gasteiger partial charge is 0.362 e. The molecule has 10 heteroatoms. The molecule has 5 rings (SSSR count). The third-order valence-electron chi connectivity index (χ3n) is 6.00. The maximum absolute atomic E-state index is 14.0. The Morgan fingerprint density at radius 1 is 1.18 bits per heavy atom. The van der Waals surface area contributed by atoms with Crippen molar-refractivity contribution in [3.63, 3.8) is 0 Å². The van der Waals surface area contributed by atoms with E-state index in [-0.39, 0.29) is 16.9 Å². The number of carbonyl (C=O) groups is 1. The standard InChI is InChI=1S/C28H26N8O2/c1-18(31-27(37)23-24(29)33-35-17-9-15-30-26(23)35)25-32-21-14-7-10-19(11-8-16-34(2)3)22(21)28(38)36(25)20-12-5-4-6-13-20/h4-7,9-10,12-15,17-18H,16H2,1-3H3,(H3,29,31,33,37)/p+1. The number of nitrogens with two attached hydrogens (primary N) is 1. The summed E-state index contributed by atoms with van der Waals surface area (Å²) in [5.74, 6) is 6.33. The number of nitrogen functional groups attached to an aromatic ring is 1. The molecule has 0 aliphatic rings. The highest BCUT2D eigenvalue weighted by atomic mass is 16.2. The maximum atomic E-state index is 14.0. The number of H-pyrrole nitrogens is 1. The number of fused-ring (bicyclic) bond motifs is 2. The number of hydrogen-bond donors (Lipinski definition) is 3. The highest BCUT2D eigenvalue weighted by molar-refractivity contribution is 6.03. The van der Waals surface area contributed by atoms with Gasteiger partial charge in [0.2, 0.25) is 0 Å². The second kappa shape index (κ2) is 10.2. The molecule has 4 N–H and O–H groups in total. The molecule has 1 atom stereocenters. The molecule has 1 amide bonds. The summed E-state index contributed by atoms with van der Waals surface area (Å²) in [5.41, 5.74) is 8.16. The summed E-state index contributed by atoms with van der Waals surface area (Å²) in [7, 11) is 3.87. The third kappa shape index (κ3) is 4.58. The van der Waals surface area contributed by atoms with Crippen LogP contribution in [0.25, 0.3) is 22.2 Å². The molecule has 0 saturated heterocycles. The van der Waals surface area contributed by atoms with Crippen LogP contribution in [0.4, 0.5) is 5.82 Å². The molecule has 10 nitrogen and oxygen atoms in total. The molecule has 1 unspecified atom stereocenters. The van der Waals surface area contributed by atoms with Crippen molar-refractivity contribution >= 4 is 28.3 Å². The van der Waals surface area contributed by atoms with Crippen LogP contribution in [0.15, 0.2) is 71.8 Å². The van der Waals surface area contributed by atoms with Crippen molar-refractivity contribution in [3.8, 4) is 17.5 Å². The van der Waals surface area contributed by atoms with E-state index < -0.39 is 11.9 Å². The summed E-state index contributed by atoms with van der Waals surface area (Å²) in [6.07, 6.45) is 3.30. The van der Waals surface area contributed by atoms with E-state index in [1.165, 1.54) is 4.57 Å². The van der Waals surface area contributed by atoms with Crippen molar-refractivity contribution < 1.29 is 9.31 Å². The molecule has 190 valence electrons. The van der Waals surface area contributed by atoms with E-state index >= 15 is 0 Å². The zero-order valence-electron chi connectivity index (χ0n) is 21.3. The van der Waals surface area contributed by atoms with Crippen LogP contribution in [0.1, 0.15) is 34.7 Å². The Morgan fingerprint density at radius 3 is 2.74 bits per heavy atom. The molecule has 0 saturated carbocycles. The minimum absolute atomic E-state index is 0.182. The van der Waals surface area contributed by atoms with Crippen LogP contribution in [0.3, 0.4) is 0 Å². The molecule has 0 spiro atoms. The van der Waals surface area contributed by atoms with E-state index in [1.807, 2.05) is 61.5 Å². The van der Waals surface area contributed by atoms with Gasteiger partial charge < -0.3 is 11.1 Å². The molecular weight excluding hydrogens is 480 g/mol. The Hall–Kier alpha value is -5.01. The number of aromatic nitrogens is 5. The predicted octanol–water partition coefficient (Wildman–Crippen LogP) is 1.83. The second-order valence-corrected chi connectivity index (χ2v) is 9.09. The lowest BCUT2D eigenvalue weighted by Crippen LogP contribution is -2.34. The highest BCUT2D eigenvalue weighted by Gasteiger charge is 2.27. The van der Waals surface area contributed by atoms with Gasteiger partial charge in [0.25, 0.3) is 11.5 Å². The van der Waals surface area contributed by atoms with Gasteiger partial charge in [-0.05, 0) is 50.3 Å². The maximum Gasteiger partial charge on any atom is 0.362 e. The Labute approximate surface area is 218 Å². The van der Waals surface area contributed by atoms with Gasteiger partial charge in [0.05, 0.1) is 29.2 Å². The number of hydrogen-bond acceptors (Lipinski definition) is 6. The summed E-state index contributed by atoms with van der Waals surface area (Å²) in [4.78, 5) is 38.4. The van der Waals surface area contributed by atoms with Gasteiger partial charge in [-0.2, -0.15) is 0 Å². The van der Waals surface area contributed by atoms with Crippen LogP contribution >= 0.6 is 0 Å². The lowest BCUT2D eigenvalue weighted by atomic mass is 10.1. The van der Waals surface area contributed by atoms with Crippen LogP contribution < -0.4 is 21.1 Å². The quantitative estimate of drug-likeness (QED) is 0.246. The summed E-state index contributed by atoms with van der Waals surface area (Å²) >= 11 is 0. The first-order valence-corrected chi connectivity index (χ1v) is 12.0. The van der Waals surface area contributed by atoms with Gasteiger partial charge in [0.15, 0.2) is 11.4 Å². The molecule has 0 aliphatic heterocycles. The van der Waals surface area contributed by atoms with E-state index in [1.54, 1.807) is 36.0 Å². The zero-order chi connectivity index (χ0) is 26.8. The molecule has 0 radical (unpaired) electrons. The lowest BCUT2D eigenvalue weighted by Gasteiger charge is -2.19. The second-order valence-electron chi connectivity index (χ2n) is 9.09. The van der Waals surface area contributed by atoms with Gasteiger partial charge in [-0.3, -0.25) is 19.1 Å². The van der Waals surface area contributed by atoms with Crippen molar-refractivity contribution in [2.24, 2.45) is 0 Å². The molecule has 0 bridgehead atoms. The number of carbonyl (C=O) groups excluding carboxylic acids is 1. The predicted molar refractivity (Wildman–Crippen MR) is 145 cm³/mol. The van der Waals surface area contributed by atoms with Crippen molar-refractivity contribution in [1.82, 2.24) is 29.9 Å². The number of amides is 1. The van der Waals surface area contributed by atoms with Crippen LogP contribution in [-0.2, 0) is 0 Å². The fraction of sp³-hybridized carbons (Fsp3) is 0.179. The number of benzene rings is 2. The fourth-order valence-electron chi connectivity index (χ4n) is 4.27. The van der Waals surface area contributed by atoms with Crippen LogP contribution in [0.2, 0.25) is 0 Å². The number of nitrogens with one attached hydrogen (secondary N) is 2. The monoisotopic (exact) mass is 507 g/mol. The molecule has 3 aromatic heterocycles. The number of anilines is 1. The summed E-state index contributed by atoms with van der Waals surface area (Å²) in [5, 5.41) is 6.28. The Morgan fingerprint density at radius 2 is 1.97 bits per heavy atom. The molecule has 38 heavy (non-hydrogen) atoms. The van der Waals surface area contributed by atoms with Gasteiger partial charge in [-0.25, -0.2) is 10.1 Å². The first-order chi connectivity index (χ1) is 18.3. The van der Waals surface area contributed by atoms with Gasteiger partial charge >= 0.3 is 5.65 Å². The van der Waals surface area contributed by atoms with Crippen LogP contribution in [-0.4, -0.2) is 51.1 Å². The largest absolute Gasteiger partial charge is 0.382 e. The van der Waals surface area contributed by atoms with Crippen molar-refractivity contribution in [2.45, 2.75) is 13.0 Å². The minimum Gasteiger partial charge on any atom is -0.382 e. The molecule has 5 aromatic rings. The summed E-state index contributed by atoms with van der Waals surface area (Å²) in [6.45, 7) is 2.33. The number of rotatable bonds is 5. The highest BCUT2D eigenvalue weighted by Crippen LogP contribution is 2.21. The first kappa shape index (κ1) is 24.7. The fourth-order valence-corrected chi connectivity index (χ4v) is 4.27. The third-order valence-corrected chi connectivity index (χ3v) is 6.00. The summed E-state index contributed by atoms with van der Waals surface area (Å²) in [6, 6.07) is 15.7. The van der Waals surface area contributed by atoms with E-state index in [2.05, 4.69) is 27.2 Å². The molecular formula is C28H27N8O2+. The normalized spacial score (nSPS) is 11.9. The molecule has 0 aliphatic carbocycles. The van der Waals surface area contributed by atoms with E-state index in [0.717, 1.165) is 0 Å². The number of aromatic amines is 1. The van der Waals surface area contributed by atoms with Crippen LogP contribution in [0, 0.1) is 11.8 Å². The minimum atomic E-state index is -0.652. The number of para-hydroxylation sites is 1. The molecule has 2 aromatic carbocycles. The van der Waals surface area contributed by atoms with Gasteiger partial charge in [0, 0.05) is 11.6 Å². The average molecular weight is 508 g/mol. The van der Waals surface area contributed by atoms with Crippen molar-refractivity contribution in [2.75, 3.05) is 26.4 Å². The van der Waals surface area contributed by atoms with E-state index in [4.69, 9.17) is 10.7 Å². The average Bonchev–Trinajstić information content (AvgIpc) is 3.24. The van der Waals surface area contributed by atoms with Crippen molar-refractivity contribution in [1.29, 1.82) is 0 Å². The lowest BCUT2D eigenvalue weighted by molar-refractivity contribution is -0.577. The zero-order valence-corrected chi connectivity index (χ0v) is 21.3. The summed E-state index contributed by atoms with van der Waals surface area (Å²) < 4.78 is 3.10. The number of nitrogens with zero attached hydrogens (tertiary/aromatic N) is 5. The SMILES string of the molecule is CC(NC(=O)c1c(N)[nH][n+]2cccnc12)c1nc2cccc(C#CCN(C)C)c2c(=O)n1-c1ccccc1. The van der Waals surface area contributed by atoms with Crippen molar-refractivity contribution in [3.05, 3.63) is 94.3 Å². The van der Waals surface area contributed by atoms with E-state index in [0.29, 0.717) is 40.2 Å². The topological polar surface area (TPSA) is 126 Å². The van der Waals surface area contributed by atoms with Gasteiger partial charge in [0.1, 0.15) is 18.2 Å². The Balaban J connectivity index is 1.63. The molecule has 0 fully saturated rings. The Bertz CT molecular complexity index is 1780. The van der Waals surface area contributed by atoms with Crippen LogP contribution in [0.5, 0.6) is 0 Å². The van der Waals surface area contributed by atoms with Gasteiger partial charge in [-0.15, -0.1) is 4.52 Å². The Kier molecular flexibility index (Phi) is 6.60. The molecule has 3 heterocycles. The van der Waals surface area contributed by atoms with Gasteiger partial charge in [-0.1, -0.05) is 36.1 Å².